The summed E-state index contributed by atoms with van der Waals surface area (Å²) in [6, 6.07) is 0. The Morgan fingerprint density at radius 3 is 1.41 bits per heavy atom. The third kappa shape index (κ3) is 2.98. The molecule has 17 heavy (non-hydrogen) atoms. The molecule has 2 saturated carbocycles. The predicted molar refractivity (Wildman–Crippen MR) is 60.1 cm³/mol. The summed E-state index contributed by atoms with van der Waals surface area (Å²) in [5, 5.41) is 48.6. The van der Waals surface area contributed by atoms with Crippen LogP contribution in [0.4, 0.5) is 0 Å². The highest BCUT2D eigenvalue weighted by Crippen LogP contribution is 2.38. The first-order valence-electron chi connectivity index (χ1n) is 6.37. The van der Waals surface area contributed by atoms with E-state index in [2.05, 4.69) is 0 Å². The fourth-order valence-corrected chi connectivity index (χ4v) is 3.47. The summed E-state index contributed by atoms with van der Waals surface area (Å²) in [7, 11) is 0. The highest BCUT2D eigenvalue weighted by molar-refractivity contribution is 4.93. The fraction of sp³-hybridized carbons (Fsp3) is 1.00. The van der Waals surface area contributed by atoms with Gasteiger partial charge in [0, 0.05) is 5.92 Å². The van der Waals surface area contributed by atoms with Crippen molar-refractivity contribution in [2.75, 3.05) is 0 Å². The number of hydrogen-bond acceptors (Lipinski definition) is 5. The molecule has 0 aliphatic heterocycles. The second-order valence-electron chi connectivity index (χ2n) is 5.61. The van der Waals surface area contributed by atoms with E-state index in [9.17, 15) is 25.5 Å². The molecule has 2 fully saturated rings. The zero-order chi connectivity index (χ0) is 12.6. The number of rotatable bonds is 1. The van der Waals surface area contributed by atoms with Crippen LogP contribution in [-0.2, 0) is 0 Å². The highest BCUT2D eigenvalue weighted by Gasteiger charge is 2.42. The lowest BCUT2D eigenvalue weighted by molar-refractivity contribution is -0.114. The molecule has 0 aromatic heterocycles. The quantitative estimate of drug-likeness (QED) is 0.408. The molecule has 0 bridgehead atoms. The van der Waals surface area contributed by atoms with Crippen LogP contribution < -0.4 is 0 Å². The summed E-state index contributed by atoms with van der Waals surface area (Å²) < 4.78 is 0. The zero-order valence-corrected chi connectivity index (χ0v) is 9.81. The molecule has 2 rings (SSSR count). The van der Waals surface area contributed by atoms with Crippen LogP contribution in [-0.4, -0.2) is 56.1 Å². The van der Waals surface area contributed by atoms with Gasteiger partial charge in [-0.2, -0.15) is 0 Å². The first kappa shape index (κ1) is 13.2. The van der Waals surface area contributed by atoms with Gasteiger partial charge in [-0.15, -0.1) is 0 Å². The largest absolute Gasteiger partial charge is 0.393 e. The normalized spacial score (nSPS) is 52.4. The van der Waals surface area contributed by atoms with Gasteiger partial charge in [0.2, 0.25) is 0 Å². The molecule has 5 N–H and O–H groups in total. The van der Waals surface area contributed by atoms with Gasteiger partial charge in [-0.25, -0.2) is 0 Å². The van der Waals surface area contributed by atoms with Gasteiger partial charge in [0.25, 0.3) is 0 Å². The zero-order valence-electron chi connectivity index (χ0n) is 9.81. The van der Waals surface area contributed by atoms with Gasteiger partial charge in [-0.1, -0.05) is 0 Å². The van der Waals surface area contributed by atoms with Crippen LogP contribution in [0.1, 0.15) is 32.1 Å². The maximum atomic E-state index is 9.95. The van der Waals surface area contributed by atoms with Gasteiger partial charge in [0.15, 0.2) is 0 Å². The van der Waals surface area contributed by atoms with Crippen LogP contribution in [0.2, 0.25) is 0 Å². The molecule has 0 aromatic rings. The minimum absolute atomic E-state index is 0.0775. The van der Waals surface area contributed by atoms with Crippen LogP contribution in [0.25, 0.3) is 0 Å². The van der Waals surface area contributed by atoms with Crippen molar-refractivity contribution < 1.29 is 25.5 Å². The minimum atomic E-state index is -0.753. The molecule has 100 valence electrons. The van der Waals surface area contributed by atoms with E-state index >= 15 is 0 Å². The molecule has 0 radical (unpaired) electrons. The molecule has 2 aliphatic rings. The molecule has 0 spiro atoms. The Morgan fingerprint density at radius 2 is 0.941 bits per heavy atom. The van der Waals surface area contributed by atoms with Gasteiger partial charge >= 0.3 is 0 Å². The average molecular weight is 246 g/mol. The van der Waals surface area contributed by atoms with Crippen molar-refractivity contribution in [1.82, 2.24) is 0 Å². The van der Waals surface area contributed by atoms with Crippen LogP contribution in [0, 0.1) is 11.8 Å². The molecule has 0 saturated heterocycles. The third-order valence-electron chi connectivity index (χ3n) is 4.15. The molecule has 0 amide bonds. The topological polar surface area (TPSA) is 101 Å². The summed E-state index contributed by atoms with van der Waals surface area (Å²) in [6.07, 6.45) is -1.36. The van der Waals surface area contributed by atoms with Crippen LogP contribution in [0.15, 0.2) is 0 Å². The first-order chi connectivity index (χ1) is 7.97. The highest BCUT2D eigenvalue weighted by atomic mass is 16.3. The third-order valence-corrected chi connectivity index (χ3v) is 4.15. The standard InChI is InChI=1S/C12H22O5/c13-7-1-6(2-8(14)3-7)12-10(16)4-9(15)5-11(12)17/h6-17H,1-5H2. The van der Waals surface area contributed by atoms with Gasteiger partial charge < -0.3 is 25.5 Å². The summed E-state index contributed by atoms with van der Waals surface area (Å²) in [6.45, 7) is 0. The van der Waals surface area contributed by atoms with E-state index in [1.54, 1.807) is 0 Å². The number of aliphatic hydroxyl groups excluding tert-OH is 5. The van der Waals surface area contributed by atoms with E-state index in [-0.39, 0.29) is 24.7 Å². The van der Waals surface area contributed by atoms with E-state index in [1.807, 2.05) is 0 Å². The Bertz CT molecular complexity index is 237. The van der Waals surface area contributed by atoms with Crippen molar-refractivity contribution in [1.29, 1.82) is 0 Å². The van der Waals surface area contributed by atoms with Crippen LogP contribution in [0.5, 0.6) is 0 Å². The smallest absolute Gasteiger partial charge is 0.0620 e. The summed E-state index contributed by atoms with van der Waals surface area (Å²) in [5.41, 5.74) is 0. The molecular formula is C12H22O5. The van der Waals surface area contributed by atoms with E-state index in [4.69, 9.17) is 0 Å². The van der Waals surface area contributed by atoms with E-state index in [0.29, 0.717) is 19.3 Å². The Labute approximate surface area is 101 Å². The molecule has 5 nitrogen and oxygen atoms in total. The van der Waals surface area contributed by atoms with Gasteiger partial charge in [0.05, 0.1) is 30.5 Å². The fourth-order valence-electron chi connectivity index (χ4n) is 3.47. The van der Waals surface area contributed by atoms with E-state index in [0.717, 1.165) is 0 Å². The Hall–Kier alpha value is -0.200. The van der Waals surface area contributed by atoms with Crippen LogP contribution >= 0.6 is 0 Å². The lowest BCUT2D eigenvalue weighted by Gasteiger charge is -2.43. The lowest BCUT2D eigenvalue weighted by atomic mass is 9.69. The van der Waals surface area contributed by atoms with Gasteiger partial charge in [-0.3, -0.25) is 0 Å². The molecule has 0 heterocycles. The number of hydrogen-bond donors (Lipinski definition) is 5. The molecule has 4 atom stereocenters. The number of aliphatic hydroxyl groups is 5. The molecular weight excluding hydrogens is 224 g/mol. The molecule has 4 unspecified atom stereocenters. The Kier molecular flexibility index (Phi) is 4.05. The Balaban J connectivity index is 2.04. The van der Waals surface area contributed by atoms with Gasteiger partial charge in [-0.05, 0) is 38.0 Å². The SMILES string of the molecule is OC1CC(O)C(C2CC(O)CC(O)C2)C(O)C1. The lowest BCUT2D eigenvalue weighted by Crippen LogP contribution is -2.48. The Morgan fingerprint density at radius 1 is 0.529 bits per heavy atom. The second kappa shape index (κ2) is 5.20. The summed E-state index contributed by atoms with van der Waals surface area (Å²) in [5.74, 6) is -0.422. The molecule has 0 aromatic carbocycles. The average Bonchev–Trinajstić information content (AvgIpc) is 2.13. The van der Waals surface area contributed by atoms with Crippen molar-refractivity contribution in [2.24, 2.45) is 11.8 Å². The van der Waals surface area contributed by atoms with Crippen molar-refractivity contribution in [3.05, 3.63) is 0 Å². The monoisotopic (exact) mass is 246 g/mol. The van der Waals surface area contributed by atoms with Crippen molar-refractivity contribution in [3.8, 4) is 0 Å². The van der Waals surface area contributed by atoms with Crippen LogP contribution in [0.3, 0.4) is 0 Å². The minimum Gasteiger partial charge on any atom is -0.393 e. The summed E-state index contributed by atoms with van der Waals surface area (Å²) >= 11 is 0. The summed E-state index contributed by atoms with van der Waals surface area (Å²) in [4.78, 5) is 0. The first-order valence-corrected chi connectivity index (χ1v) is 6.37. The molecule has 5 heteroatoms. The van der Waals surface area contributed by atoms with E-state index in [1.165, 1.54) is 0 Å². The van der Waals surface area contributed by atoms with Crippen molar-refractivity contribution in [2.45, 2.75) is 62.6 Å². The van der Waals surface area contributed by atoms with Crippen molar-refractivity contribution in [3.63, 3.8) is 0 Å². The van der Waals surface area contributed by atoms with Gasteiger partial charge in [0.1, 0.15) is 0 Å². The second-order valence-corrected chi connectivity index (χ2v) is 5.61. The molecule has 2 aliphatic carbocycles. The van der Waals surface area contributed by atoms with Crippen molar-refractivity contribution >= 4 is 0 Å². The maximum Gasteiger partial charge on any atom is 0.0620 e. The predicted octanol–water partition coefficient (Wildman–Crippen LogP) is -0.999. The maximum absolute atomic E-state index is 9.95. The van der Waals surface area contributed by atoms with E-state index < -0.39 is 30.5 Å².